The molecule has 5 aromatic carbocycles. The van der Waals surface area contributed by atoms with Crippen LogP contribution in [0.1, 0.15) is 157 Å². The van der Waals surface area contributed by atoms with Gasteiger partial charge in [-0.3, -0.25) is 10.1 Å². The number of ether oxygens (including phenoxy) is 9. The van der Waals surface area contributed by atoms with Crippen molar-refractivity contribution >= 4 is 47.2 Å². The molecule has 5 aromatic rings. The van der Waals surface area contributed by atoms with Crippen molar-refractivity contribution in [2.45, 2.75) is 116 Å². The number of hydrogen-bond donors (Lipinski definition) is 1. The summed E-state index contributed by atoms with van der Waals surface area (Å²) >= 11 is 0. The number of carbonyl (C=O) groups excluding carboxylic acids is 6. The molecule has 0 heterocycles. The van der Waals surface area contributed by atoms with Gasteiger partial charge in [0, 0.05) is 24.3 Å². The Labute approximate surface area is 477 Å². The highest BCUT2D eigenvalue weighted by molar-refractivity contribution is 6.06. The van der Waals surface area contributed by atoms with Crippen LogP contribution in [-0.4, -0.2) is 73.8 Å². The first-order chi connectivity index (χ1) is 39.8. The van der Waals surface area contributed by atoms with Gasteiger partial charge < -0.3 is 48.4 Å². The van der Waals surface area contributed by atoms with Crippen LogP contribution in [0.15, 0.2) is 128 Å². The first kappa shape index (κ1) is 63.8. The van der Waals surface area contributed by atoms with E-state index in [1.54, 1.807) is 36.4 Å². The van der Waals surface area contributed by atoms with Crippen LogP contribution in [0.2, 0.25) is 0 Å². The summed E-state index contributed by atoms with van der Waals surface area (Å²) in [5.41, 5.74) is 5.27. The Morgan fingerprint density at radius 3 is 1.38 bits per heavy atom. The third kappa shape index (κ3) is 22.6. The van der Waals surface area contributed by atoms with Crippen LogP contribution in [-0.2, 0) is 30.4 Å². The van der Waals surface area contributed by atoms with E-state index in [1.165, 1.54) is 60.7 Å². The van der Waals surface area contributed by atoms with Gasteiger partial charge in [0.1, 0.15) is 35.4 Å². The average Bonchev–Trinajstić information content (AvgIpc) is 3.67. The lowest BCUT2D eigenvalue weighted by Crippen LogP contribution is -2.18. The highest BCUT2D eigenvalue weighted by Gasteiger charge is 2.25. The molecule has 82 heavy (non-hydrogen) atoms. The van der Waals surface area contributed by atoms with Crippen LogP contribution >= 0.6 is 0 Å². The highest BCUT2D eigenvalue weighted by Crippen LogP contribution is 2.33. The zero-order chi connectivity index (χ0) is 58.9. The minimum Gasteiger partial charge on any atom is -0.494 e. The summed E-state index contributed by atoms with van der Waals surface area (Å²) in [5.74, 6) is -3.09. The van der Waals surface area contributed by atoms with E-state index in [9.17, 15) is 38.9 Å². The van der Waals surface area contributed by atoms with Crippen molar-refractivity contribution in [1.82, 2.24) is 0 Å². The molecule has 5 rings (SSSR count). The minimum atomic E-state index is -0.982. The van der Waals surface area contributed by atoms with Gasteiger partial charge in [0.2, 0.25) is 0 Å². The van der Waals surface area contributed by atoms with Crippen LogP contribution in [0, 0.1) is 10.1 Å². The summed E-state index contributed by atoms with van der Waals surface area (Å²) < 4.78 is 49.8. The van der Waals surface area contributed by atoms with Crippen LogP contribution in [0.4, 0.5) is 11.4 Å². The number of benzene rings is 5. The fourth-order valence-electron chi connectivity index (χ4n) is 7.99. The van der Waals surface area contributed by atoms with Crippen molar-refractivity contribution in [3.8, 4) is 34.5 Å². The Kier molecular flexibility index (Phi) is 27.7. The summed E-state index contributed by atoms with van der Waals surface area (Å²) in [6.07, 6.45) is 17.0. The van der Waals surface area contributed by atoms with Gasteiger partial charge in [0.25, 0.3) is 0 Å². The van der Waals surface area contributed by atoms with Crippen LogP contribution < -0.4 is 34.2 Å². The number of nitrogens with zero attached hydrogens (tertiary/aromatic N) is 1. The van der Waals surface area contributed by atoms with Gasteiger partial charge in [-0.25, -0.2) is 28.8 Å². The molecule has 436 valence electrons. The molecule has 0 aliphatic heterocycles. The highest BCUT2D eigenvalue weighted by atomic mass is 16.6. The number of nitro benzene ring substituents is 1. The van der Waals surface area contributed by atoms with Crippen LogP contribution in [0.3, 0.4) is 0 Å². The number of carbonyl (C=O) groups is 6. The maximum Gasteiger partial charge on any atom is 0.345 e. The third-order valence-electron chi connectivity index (χ3n) is 12.5. The molecular formula is C63H72N2O17. The third-order valence-corrected chi connectivity index (χ3v) is 12.5. The molecule has 0 spiro atoms. The predicted octanol–water partition coefficient (Wildman–Crippen LogP) is 13.0. The van der Waals surface area contributed by atoms with Gasteiger partial charge in [0.15, 0.2) is 5.75 Å². The monoisotopic (exact) mass is 1130 g/mol. The Hall–Kier alpha value is -9.00. The Morgan fingerprint density at radius 1 is 0.463 bits per heavy atom. The summed E-state index contributed by atoms with van der Waals surface area (Å²) in [6, 6.07) is 24.7. The summed E-state index contributed by atoms with van der Waals surface area (Å²) in [6.45, 7) is 10.4. The molecule has 0 bridgehead atoms. The fraction of sp³-hybridized carbons (Fsp3) is 0.365. The van der Waals surface area contributed by atoms with Crippen molar-refractivity contribution in [2.75, 3.05) is 38.8 Å². The Balaban J connectivity index is 1.20. The van der Waals surface area contributed by atoms with Crippen molar-refractivity contribution in [1.29, 1.82) is 0 Å². The van der Waals surface area contributed by atoms with E-state index in [0.29, 0.717) is 49.9 Å². The number of rotatable bonds is 38. The van der Waals surface area contributed by atoms with Crippen molar-refractivity contribution in [3.05, 3.63) is 166 Å². The summed E-state index contributed by atoms with van der Waals surface area (Å²) in [4.78, 5) is 88.1. The molecule has 0 amide bonds. The lowest BCUT2D eigenvalue weighted by atomic mass is 10.0. The van der Waals surface area contributed by atoms with Gasteiger partial charge in [0.05, 0.1) is 65.9 Å². The number of nitro groups is 1. The molecule has 0 unspecified atom stereocenters. The van der Waals surface area contributed by atoms with Crippen molar-refractivity contribution in [2.24, 2.45) is 0 Å². The normalized spacial score (nSPS) is 10.6. The van der Waals surface area contributed by atoms with E-state index in [0.717, 1.165) is 115 Å². The molecule has 0 saturated heterocycles. The topological polar surface area (TPSA) is 255 Å². The van der Waals surface area contributed by atoms with Gasteiger partial charge in [-0.2, -0.15) is 0 Å². The smallest absolute Gasteiger partial charge is 0.345 e. The molecule has 0 aliphatic carbocycles. The zero-order valence-electron chi connectivity index (χ0n) is 46.4. The van der Waals surface area contributed by atoms with Crippen LogP contribution in [0.25, 0.3) is 0 Å². The molecular weight excluding hydrogens is 1060 g/mol. The van der Waals surface area contributed by atoms with E-state index in [1.807, 2.05) is 0 Å². The van der Waals surface area contributed by atoms with Crippen molar-refractivity contribution < 1.29 is 76.3 Å². The summed E-state index contributed by atoms with van der Waals surface area (Å²) in [7, 11) is 0. The first-order valence-corrected chi connectivity index (χ1v) is 27.6. The second kappa shape index (κ2) is 35.6. The Morgan fingerprint density at radius 2 is 0.890 bits per heavy atom. The quantitative estimate of drug-likeness (QED) is 0.00563. The molecule has 0 radical (unpaired) electrons. The van der Waals surface area contributed by atoms with Crippen LogP contribution in [0.5, 0.6) is 34.5 Å². The number of anilines is 1. The fourth-order valence-corrected chi connectivity index (χ4v) is 7.99. The molecule has 0 aliphatic rings. The Bertz CT molecular complexity index is 2900. The standard InChI is InChI=1S/C63H72N2O17/c1-4-7-8-9-12-19-38-76-57-43-55(64)54(42-56(57)65(72)73)63(71)82-49-25-22-45(23-26-49)44-79-61(69)53-41-46(60(68)80-50-31-27-47(28-32-50)74-36-17-13-10-15-20-39-77-58(66)5-2)24-35-52(53)62(70)81-51-33-29-48(30-34-51)75-37-18-14-11-16-21-40-78-59(67)6-3/h5-6,22-35,41-43H,2-4,7-21,36-40,44,64H2,1H3. The van der Waals surface area contributed by atoms with Gasteiger partial charge >= 0.3 is 41.5 Å². The lowest BCUT2D eigenvalue weighted by molar-refractivity contribution is -0.385. The van der Waals surface area contributed by atoms with E-state index < -0.39 is 46.4 Å². The zero-order valence-corrected chi connectivity index (χ0v) is 46.4. The number of nitrogen functional groups attached to an aromatic ring is 1. The SMILES string of the molecule is C=CC(=O)OCCCCCCCOc1ccc(OC(=O)c2ccc(C(=O)Oc3ccc(OCCCCCCCOC(=O)C=C)cc3)c(C(=O)OCc3ccc(OC(=O)c4cc([N+](=O)[O-])c(OCCCCCCCC)cc4N)cc3)c2)cc1. The molecule has 2 N–H and O–H groups in total. The van der Waals surface area contributed by atoms with E-state index in [4.69, 9.17) is 48.4 Å². The molecule has 19 nitrogen and oxygen atoms in total. The molecule has 0 atom stereocenters. The summed E-state index contributed by atoms with van der Waals surface area (Å²) in [5, 5.41) is 12.0. The molecule has 0 fully saturated rings. The minimum absolute atomic E-state index is 0.0514. The predicted molar refractivity (Wildman–Crippen MR) is 306 cm³/mol. The number of unbranched alkanes of at least 4 members (excludes halogenated alkanes) is 13. The number of hydrogen-bond acceptors (Lipinski definition) is 18. The largest absolute Gasteiger partial charge is 0.494 e. The van der Waals surface area contributed by atoms with Crippen molar-refractivity contribution in [3.63, 3.8) is 0 Å². The maximum absolute atomic E-state index is 13.9. The average molecular weight is 1130 g/mol. The second-order valence-corrected chi connectivity index (χ2v) is 18.8. The van der Waals surface area contributed by atoms with Gasteiger partial charge in [-0.15, -0.1) is 0 Å². The number of nitrogens with two attached hydrogens (primary N) is 1. The van der Waals surface area contributed by atoms with E-state index >= 15 is 0 Å². The van der Waals surface area contributed by atoms with E-state index in [-0.39, 0.29) is 64.2 Å². The molecule has 19 heteroatoms. The molecule has 0 aromatic heterocycles. The number of esters is 6. The second-order valence-electron chi connectivity index (χ2n) is 18.8. The van der Waals surface area contributed by atoms with Gasteiger partial charge in [-0.1, -0.05) is 103 Å². The molecule has 0 saturated carbocycles. The van der Waals surface area contributed by atoms with E-state index in [2.05, 4.69) is 20.1 Å². The maximum atomic E-state index is 13.9. The lowest BCUT2D eigenvalue weighted by Gasteiger charge is -2.13. The first-order valence-electron chi connectivity index (χ1n) is 27.6. The van der Waals surface area contributed by atoms with Gasteiger partial charge in [-0.05, 0) is 117 Å².